The van der Waals surface area contributed by atoms with Gasteiger partial charge in [0.25, 0.3) is 0 Å². The minimum Gasteiger partial charge on any atom is -0.377 e. The normalized spacial score (nSPS) is 12.1. The molecule has 0 spiro atoms. The molecule has 2 aromatic carbocycles. The molecule has 0 aliphatic rings. The molecule has 0 bridgehead atoms. The molecule has 1 N–H and O–H groups in total. The molecular weight excluding hydrogens is 226 g/mol. The first-order valence-corrected chi connectivity index (χ1v) is 8.35. The van der Waals surface area contributed by atoms with Crippen LogP contribution >= 0.6 is 10.0 Å². The summed E-state index contributed by atoms with van der Waals surface area (Å²) < 4.78 is 0. The maximum Gasteiger partial charge on any atom is 0.0490 e. The molecule has 0 unspecified atom stereocenters. The van der Waals surface area contributed by atoms with Crippen molar-refractivity contribution in [1.82, 2.24) is 0 Å². The Labute approximate surface area is 105 Å². The number of hydrogen-bond donors (Lipinski definition) is 1. The van der Waals surface area contributed by atoms with Gasteiger partial charge in [-0.15, -0.1) is 0 Å². The molecular formula is C15H19NS. The third-order valence-corrected chi connectivity index (χ3v) is 5.21. The largest absolute Gasteiger partial charge is 0.377 e. The van der Waals surface area contributed by atoms with Gasteiger partial charge in [0.15, 0.2) is 0 Å². The lowest BCUT2D eigenvalue weighted by Crippen LogP contribution is -2.10. The maximum atomic E-state index is 3.52. The Morgan fingerprint density at radius 3 is 1.94 bits per heavy atom. The molecule has 1 nitrogen and oxygen atoms in total. The molecule has 2 rings (SSSR count). The van der Waals surface area contributed by atoms with Gasteiger partial charge < -0.3 is 5.32 Å². The molecule has 0 saturated carbocycles. The Morgan fingerprint density at radius 2 is 1.35 bits per heavy atom. The number of para-hydroxylation sites is 1. The Balaban J connectivity index is 2.03. The summed E-state index contributed by atoms with van der Waals surface area (Å²) in [7, 11) is -0.770. The van der Waals surface area contributed by atoms with Crippen molar-refractivity contribution in [1.29, 1.82) is 0 Å². The highest BCUT2D eigenvalue weighted by atomic mass is 32.3. The second-order valence-electron chi connectivity index (χ2n) is 4.54. The zero-order valence-electron chi connectivity index (χ0n) is 10.4. The molecule has 2 heteroatoms. The van der Waals surface area contributed by atoms with Gasteiger partial charge >= 0.3 is 0 Å². The summed E-state index contributed by atoms with van der Waals surface area (Å²) in [6, 6.07) is 21.1. The van der Waals surface area contributed by atoms with E-state index in [2.05, 4.69) is 72.4 Å². The van der Waals surface area contributed by atoms with Gasteiger partial charge in [0.2, 0.25) is 0 Å². The van der Waals surface area contributed by atoms with Crippen LogP contribution in [0.25, 0.3) is 0 Å². The van der Waals surface area contributed by atoms with E-state index in [0.29, 0.717) is 0 Å². The van der Waals surface area contributed by atoms with E-state index in [4.69, 9.17) is 0 Å². The predicted octanol–water partition coefficient (Wildman–Crippen LogP) is 4.18. The number of rotatable bonds is 4. The van der Waals surface area contributed by atoms with Crippen LogP contribution in [0.3, 0.4) is 0 Å². The van der Waals surface area contributed by atoms with Crippen molar-refractivity contribution in [3.05, 3.63) is 60.7 Å². The zero-order chi connectivity index (χ0) is 12.1. The van der Waals surface area contributed by atoms with Crippen LogP contribution in [-0.2, 0) is 0 Å². The summed E-state index contributed by atoms with van der Waals surface area (Å²) in [6.07, 6.45) is 4.69. The smallest absolute Gasteiger partial charge is 0.0490 e. The van der Waals surface area contributed by atoms with Crippen LogP contribution in [0.15, 0.2) is 65.6 Å². The molecule has 0 radical (unpaired) electrons. The van der Waals surface area contributed by atoms with Crippen molar-refractivity contribution < 1.29 is 0 Å². The van der Waals surface area contributed by atoms with Crippen LogP contribution < -0.4 is 5.32 Å². The molecule has 0 aromatic heterocycles. The van der Waals surface area contributed by atoms with Crippen LogP contribution in [0.2, 0.25) is 0 Å². The summed E-state index contributed by atoms with van der Waals surface area (Å²) in [4.78, 5) is 1.45. The Bertz CT molecular complexity index is 451. The lowest BCUT2D eigenvalue weighted by Gasteiger charge is -2.32. The summed E-state index contributed by atoms with van der Waals surface area (Å²) in [6.45, 7) is 0. The number of benzene rings is 2. The highest BCUT2D eigenvalue weighted by Crippen LogP contribution is 2.48. The highest BCUT2D eigenvalue weighted by molar-refractivity contribution is 8.32. The molecule has 0 atom stereocenters. The SMILES string of the molecule is CS(C)(CNc1ccccc1)c1ccccc1. The number of nitrogens with one attached hydrogen (secondary N) is 1. The van der Waals surface area contributed by atoms with Crippen LogP contribution in [-0.4, -0.2) is 18.4 Å². The first-order chi connectivity index (χ1) is 8.18. The number of anilines is 1. The van der Waals surface area contributed by atoms with Gasteiger partial charge in [0.05, 0.1) is 0 Å². The maximum absolute atomic E-state index is 3.52. The second-order valence-corrected chi connectivity index (χ2v) is 8.37. The van der Waals surface area contributed by atoms with Gasteiger partial charge in [-0.25, -0.2) is 10.0 Å². The second kappa shape index (κ2) is 5.28. The molecule has 0 aliphatic carbocycles. The van der Waals surface area contributed by atoms with Crippen LogP contribution in [0, 0.1) is 0 Å². The summed E-state index contributed by atoms with van der Waals surface area (Å²) in [5.41, 5.74) is 1.20. The lowest BCUT2D eigenvalue weighted by atomic mass is 10.3. The Kier molecular flexibility index (Phi) is 3.75. The first-order valence-electron chi connectivity index (χ1n) is 5.73. The average Bonchev–Trinajstić information content (AvgIpc) is 2.39. The van der Waals surface area contributed by atoms with Gasteiger partial charge in [-0.2, -0.15) is 0 Å². The van der Waals surface area contributed by atoms with E-state index in [0.717, 1.165) is 5.88 Å². The first kappa shape index (κ1) is 12.1. The summed E-state index contributed by atoms with van der Waals surface area (Å²) in [5, 5.41) is 3.52. The fourth-order valence-electron chi connectivity index (χ4n) is 1.69. The fraction of sp³-hybridized carbons (Fsp3) is 0.200. The molecule has 0 aliphatic heterocycles. The van der Waals surface area contributed by atoms with Gasteiger partial charge in [0.1, 0.15) is 0 Å². The van der Waals surface area contributed by atoms with E-state index in [1.165, 1.54) is 10.6 Å². The Morgan fingerprint density at radius 1 is 0.824 bits per heavy atom. The van der Waals surface area contributed by atoms with Gasteiger partial charge in [-0.05, 0) is 29.5 Å². The topological polar surface area (TPSA) is 12.0 Å². The number of hydrogen-bond acceptors (Lipinski definition) is 1. The molecule has 0 amide bonds. The van der Waals surface area contributed by atoms with E-state index < -0.39 is 10.0 Å². The predicted molar refractivity (Wildman–Crippen MR) is 79.1 cm³/mol. The van der Waals surface area contributed by atoms with Crippen molar-refractivity contribution >= 4 is 15.7 Å². The van der Waals surface area contributed by atoms with Gasteiger partial charge in [-0.3, -0.25) is 0 Å². The standard InChI is InChI=1S/C15H19NS/c1-17(2,15-11-7-4-8-12-15)13-16-14-9-5-3-6-10-14/h3-12,16H,13H2,1-2H3. The molecule has 0 saturated heterocycles. The summed E-state index contributed by atoms with van der Waals surface area (Å²) >= 11 is 0. The minimum absolute atomic E-state index is 0.770. The van der Waals surface area contributed by atoms with E-state index in [9.17, 15) is 0 Å². The minimum atomic E-state index is -0.770. The van der Waals surface area contributed by atoms with Crippen LogP contribution in [0.5, 0.6) is 0 Å². The lowest BCUT2D eigenvalue weighted by molar-refractivity contribution is 1.37. The third kappa shape index (κ3) is 3.27. The zero-order valence-corrected chi connectivity index (χ0v) is 11.2. The monoisotopic (exact) mass is 245 g/mol. The molecule has 0 fully saturated rings. The van der Waals surface area contributed by atoms with E-state index in [1.807, 2.05) is 6.07 Å². The quantitative estimate of drug-likeness (QED) is 0.852. The fourth-order valence-corrected chi connectivity index (χ4v) is 3.28. The van der Waals surface area contributed by atoms with Crippen molar-refractivity contribution in [2.24, 2.45) is 0 Å². The van der Waals surface area contributed by atoms with E-state index >= 15 is 0 Å². The molecule has 90 valence electrons. The molecule has 2 aromatic rings. The van der Waals surface area contributed by atoms with E-state index in [1.54, 1.807) is 0 Å². The Hall–Kier alpha value is -1.41. The summed E-state index contributed by atoms with van der Waals surface area (Å²) in [5.74, 6) is 1.01. The van der Waals surface area contributed by atoms with Crippen molar-refractivity contribution in [3.63, 3.8) is 0 Å². The highest BCUT2D eigenvalue weighted by Gasteiger charge is 2.13. The van der Waals surface area contributed by atoms with Gasteiger partial charge in [0, 0.05) is 11.6 Å². The third-order valence-electron chi connectivity index (χ3n) is 2.79. The van der Waals surface area contributed by atoms with Crippen LogP contribution in [0.4, 0.5) is 5.69 Å². The molecule has 17 heavy (non-hydrogen) atoms. The van der Waals surface area contributed by atoms with Crippen molar-refractivity contribution in [3.8, 4) is 0 Å². The average molecular weight is 245 g/mol. The van der Waals surface area contributed by atoms with E-state index in [-0.39, 0.29) is 0 Å². The molecule has 0 heterocycles. The van der Waals surface area contributed by atoms with Crippen molar-refractivity contribution in [2.75, 3.05) is 23.7 Å². The van der Waals surface area contributed by atoms with Crippen LogP contribution in [0.1, 0.15) is 0 Å². The van der Waals surface area contributed by atoms with Crippen molar-refractivity contribution in [2.45, 2.75) is 4.90 Å². The van der Waals surface area contributed by atoms with Gasteiger partial charge in [-0.1, -0.05) is 48.5 Å².